The fourth-order valence-corrected chi connectivity index (χ4v) is 4.64. The molecule has 1 saturated carbocycles. The number of piperazine rings is 1. The predicted octanol–water partition coefficient (Wildman–Crippen LogP) is 3.34. The summed E-state index contributed by atoms with van der Waals surface area (Å²) in [5.74, 6) is -0.122. The van der Waals surface area contributed by atoms with Crippen molar-refractivity contribution in [3.8, 4) is 11.3 Å². The highest BCUT2D eigenvalue weighted by Crippen LogP contribution is 2.27. The molecule has 1 saturated heterocycles. The molecule has 2 aromatic rings. The molecule has 0 spiro atoms. The highest BCUT2D eigenvalue weighted by Gasteiger charge is 2.31. The summed E-state index contributed by atoms with van der Waals surface area (Å²) in [7, 11) is 0. The second-order valence-corrected chi connectivity index (χ2v) is 8.72. The molecule has 6 nitrogen and oxygen atoms in total. The maximum absolute atomic E-state index is 13.4. The van der Waals surface area contributed by atoms with Crippen molar-refractivity contribution in [2.75, 3.05) is 32.7 Å². The van der Waals surface area contributed by atoms with Crippen LogP contribution < -0.4 is 5.32 Å². The van der Waals surface area contributed by atoms with E-state index in [-0.39, 0.29) is 29.6 Å². The number of hydrogen-bond donors (Lipinski definition) is 1. The van der Waals surface area contributed by atoms with E-state index in [1.807, 2.05) is 4.90 Å². The fourth-order valence-electron chi connectivity index (χ4n) is 4.64. The number of nitrogens with zero attached hydrogens (tertiary/aromatic N) is 3. The van der Waals surface area contributed by atoms with Gasteiger partial charge in [0.15, 0.2) is 0 Å². The zero-order valence-corrected chi connectivity index (χ0v) is 18.6. The SMILES string of the molecule is CCN1CCN(C(=O)[C@H]2CC[C@H](NC(=O)c3ccc(-c4cccc(F)c4)nc3)CC2)CC1. The van der Waals surface area contributed by atoms with E-state index in [0.29, 0.717) is 16.8 Å². The lowest BCUT2D eigenvalue weighted by atomic mass is 9.85. The van der Waals surface area contributed by atoms with E-state index in [1.54, 1.807) is 24.3 Å². The zero-order chi connectivity index (χ0) is 22.5. The third-order valence-electron chi connectivity index (χ3n) is 6.69. The Morgan fingerprint density at radius 3 is 2.44 bits per heavy atom. The molecule has 2 fully saturated rings. The van der Waals surface area contributed by atoms with Crippen molar-refractivity contribution in [3.63, 3.8) is 0 Å². The summed E-state index contributed by atoms with van der Waals surface area (Å²) >= 11 is 0. The summed E-state index contributed by atoms with van der Waals surface area (Å²) in [5, 5.41) is 3.09. The molecule has 170 valence electrons. The smallest absolute Gasteiger partial charge is 0.253 e. The van der Waals surface area contributed by atoms with Crippen molar-refractivity contribution in [1.29, 1.82) is 0 Å². The Bertz CT molecular complexity index is 933. The van der Waals surface area contributed by atoms with Crippen LogP contribution in [0.2, 0.25) is 0 Å². The quantitative estimate of drug-likeness (QED) is 0.778. The molecule has 1 aliphatic heterocycles. The van der Waals surface area contributed by atoms with Gasteiger partial charge in [0.25, 0.3) is 5.91 Å². The van der Waals surface area contributed by atoms with Crippen LogP contribution in [-0.2, 0) is 4.79 Å². The molecule has 1 aliphatic carbocycles. The number of amides is 2. The molecule has 0 unspecified atom stereocenters. The maximum atomic E-state index is 13.4. The minimum atomic E-state index is -0.316. The van der Waals surface area contributed by atoms with Crippen LogP contribution in [0.5, 0.6) is 0 Å². The number of nitrogens with one attached hydrogen (secondary N) is 1. The first-order valence-corrected chi connectivity index (χ1v) is 11.6. The largest absolute Gasteiger partial charge is 0.349 e. The average molecular weight is 439 g/mol. The molecule has 2 amide bonds. The van der Waals surface area contributed by atoms with Gasteiger partial charge in [-0.05, 0) is 56.5 Å². The molecule has 1 N–H and O–H groups in total. The molecule has 0 radical (unpaired) electrons. The number of halogens is 1. The minimum absolute atomic E-state index is 0.0727. The van der Waals surface area contributed by atoms with E-state index in [4.69, 9.17) is 0 Å². The number of hydrogen-bond acceptors (Lipinski definition) is 4. The lowest BCUT2D eigenvalue weighted by Gasteiger charge is -2.37. The van der Waals surface area contributed by atoms with E-state index in [1.165, 1.54) is 18.3 Å². The van der Waals surface area contributed by atoms with Crippen molar-refractivity contribution in [3.05, 3.63) is 54.0 Å². The maximum Gasteiger partial charge on any atom is 0.253 e. The van der Waals surface area contributed by atoms with Gasteiger partial charge in [-0.3, -0.25) is 14.6 Å². The normalized spacial score (nSPS) is 21.9. The lowest BCUT2D eigenvalue weighted by Crippen LogP contribution is -2.51. The van der Waals surface area contributed by atoms with Crippen LogP contribution in [-0.4, -0.2) is 65.4 Å². The molecule has 2 aliphatic rings. The molecular weight excluding hydrogens is 407 g/mol. The van der Waals surface area contributed by atoms with E-state index in [9.17, 15) is 14.0 Å². The first-order chi connectivity index (χ1) is 15.5. The number of benzene rings is 1. The summed E-state index contributed by atoms with van der Waals surface area (Å²) in [6, 6.07) is 9.76. The first-order valence-electron chi connectivity index (χ1n) is 11.6. The summed E-state index contributed by atoms with van der Waals surface area (Å²) in [5.41, 5.74) is 1.79. The second kappa shape index (κ2) is 10.2. The number of likely N-dealkylation sites (N-methyl/N-ethyl adjacent to an activating group) is 1. The third-order valence-corrected chi connectivity index (χ3v) is 6.69. The van der Waals surface area contributed by atoms with Gasteiger partial charge in [0.2, 0.25) is 5.91 Å². The van der Waals surface area contributed by atoms with Gasteiger partial charge in [0.05, 0.1) is 11.3 Å². The standard InChI is InChI=1S/C25H31FN4O2/c1-2-29-12-14-30(15-13-29)25(32)18-6-9-22(10-7-18)28-24(31)20-8-11-23(27-17-20)19-4-3-5-21(26)16-19/h3-5,8,11,16-18,22H,2,6-7,9-10,12-15H2,1H3,(H,28,31)/t18-,22-. The summed E-state index contributed by atoms with van der Waals surface area (Å²) in [4.78, 5) is 34.2. The van der Waals surface area contributed by atoms with Gasteiger partial charge < -0.3 is 15.1 Å². The van der Waals surface area contributed by atoms with Crippen LogP contribution in [0.25, 0.3) is 11.3 Å². The minimum Gasteiger partial charge on any atom is -0.349 e. The monoisotopic (exact) mass is 438 g/mol. The highest BCUT2D eigenvalue weighted by molar-refractivity contribution is 5.94. The van der Waals surface area contributed by atoms with Gasteiger partial charge in [-0.1, -0.05) is 19.1 Å². The molecule has 1 aromatic heterocycles. The lowest BCUT2D eigenvalue weighted by molar-refractivity contribution is -0.138. The van der Waals surface area contributed by atoms with Crippen LogP contribution in [0.4, 0.5) is 4.39 Å². The number of aromatic nitrogens is 1. The summed E-state index contributed by atoms with van der Waals surface area (Å²) in [6.45, 7) is 6.75. The molecule has 7 heteroatoms. The second-order valence-electron chi connectivity index (χ2n) is 8.72. The van der Waals surface area contributed by atoms with Crippen LogP contribution in [0.3, 0.4) is 0 Å². The number of carbonyl (C=O) groups excluding carboxylic acids is 2. The van der Waals surface area contributed by atoms with Crippen molar-refractivity contribution < 1.29 is 14.0 Å². The van der Waals surface area contributed by atoms with Gasteiger partial charge in [-0.2, -0.15) is 0 Å². The third kappa shape index (κ3) is 5.33. The number of pyridine rings is 1. The van der Waals surface area contributed by atoms with Crippen LogP contribution in [0.15, 0.2) is 42.6 Å². The van der Waals surface area contributed by atoms with Gasteiger partial charge in [-0.25, -0.2) is 4.39 Å². The zero-order valence-electron chi connectivity index (χ0n) is 18.6. The van der Waals surface area contributed by atoms with E-state index in [0.717, 1.165) is 58.4 Å². The topological polar surface area (TPSA) is 65.5 Å². The Labute approximate surface area is 188 Å². The van der Waals surface area contributed by atoms with Gasteiger partial charge in [-0.15, -0.1) is 0 Å². The molecule has 0 atom stereocenters. The Morgan fingerprint density at radius 2 is 1.81 bits per heavy atom. The van der Waals surface area contributed by atoms with Gasteiger partial charge >= 0.3 is 0 Å². The average Bonchev–Trinajstić information content (AvgIpc) is 2.84. The Balaban J connectivity index is 1.26. The Kier molecular flexibility index (Phi) is 7.15. The molecule has 2 heterocycles. The van der Waals surface area contributed by atoms with E-state index < -0.39 is 0 Å². The molecule has 32 heavy (non-hydrogen) atoms. The molecule has 4 rings (SSSR count). The fraction of sp³-hybridized carbons (Fsp3) is 0.480. The Morgan fingerprint density at radius 1 is 1.06 bits per heavy atom. The Hall–Kier alpha value is -2.80. The van der Waals surface area contributed by atoms with Crippen molar-refractivity contribution >= 4 is 11.8 Å². The van der Waals surface area contributed by atoms with Crippen molar-refractivity contribution in [2.45, 2.75) is 38.6 Å². The van der Waals surface area contributed by atoms with Crippen LogP contribution in [0, 0.1) is 11.7 Å². The highest BCUT2D eigenvalue weighted by atomic mass is 19.1. The predicted molar refractivity (Wildman–Crippen MR) is 122 cm³/mol. The molecule has 1 aromatic carbocycles. The first kappa shape index (κ1) is 22.4. The van der Waals surface area contributed by atoms with Crippen LogP contribution >= 0.6 is 0 Å². The summed E-state index contributed by atoms with van der Waals surface area (Å²) < 4.78 is 13.4. The van der Waals surface area contributed by atoms with Crippen molar-refractivity contribution in [1.82, 2.24) is 20.1 Å². The molecular formula is C25H31FN4O2. The van der Waals surface area contributed by atoms with E-state index in [2.05, 4.69) is 22.1 Å². The number of carbonyl (C=O) groups is 2. The van der Waals surface area contributed by atoms with Crippen molar-refractivity contribution in [2.24, 2.45) is 5.92 Å². The van der Waals surface area contributed by atoms with E-state index >= 15 is 0 Å². The molecule has 0 bridgehead atoms. The summed E-state index contributed by atoms with van der Waals surface area (Å²) in [6.07, 6.45) is 4.78. The van der Waals surface area contributed by atoms with Crippen LogP contribution in [0.1, 0.15) is 43.0 Å². The number of rotatable bonds is 5. The van der Waals surface area contributed by atoms with Gasteiger partial charge in [0.1, 0.15) is 5.82 Å². The van der Waals surface area contributed by atoms with Gasteiger partial charge in [0, 0.05) is 49.9 Å².